The fourth-order valence-corrected chi connectivity index (χ4v) is 1.66. The molecule has 6 heteroatoms. The Morgan fingerprint density at radius 2 is 2.11 bits per heavy atom. The number of halogens is 1. The fraction of sp³-hybridized carbons (Fsp3) is 0.0833. The molecule has 2 rings (SSSR count). The maximum Gasteiger partial charge on any atom is 0.256 e. The van der Waals surface area contributed by atoms with Crippen LogP contribution in [0, 0.1) is 6.92 Å². The minimum Gasteiger partial charge on any atom is -0.368 e. The first-order valence-corrected chi connectivity index (χ1v) is 5.60. The van der Waals surface area contributed by atoms with E-state index in [0.29, 0.717) is 22.1 Å². The van der Waals surface area contributed by atoms with Gasteiger partial charge >= 0.3 is 0 Å². The molecule has 0 radical (unpaired) electrons. The Bertz CT molecular complexity index is 580. The molecule has 0 aliphatic heterocycles. The van der Waals surface area contributed by atoms with E-state index in [4.69, 9.17) is 17.3 Å². The van der Waals surface area contributed by atoms with Crippen molar-refractivity contribution >= 4 is 29.3 Å². The highest BCUT2D eigenvalue weighted by Gasteiger charge is 2.08. The Morgan fingerprint density at radius 3 is 2.78 bits per heavy atom. The van der Waals surface area contributed by atoms with E-state index in [1.807, 2.05) is 0 Å². The van der Waals surface area contributed by atoms with Crippen molar-refractivity contribution in [3.63, 3.8) is 0 Å². The minimum atomic E-state index is -0.296. The number of amides is 1. The molecule has 0 aliphatic carbocycles. The molecule has 0 fully saturated rings. The van der Waals surface area contributed by atoms with E-state index in [0.717, 1.165) is 0 Å². The SMILES string of the molecule is Cc1cc(NC(=O)c2cccc(Cl)c2)nc(N)n1. The number of aromatic nitrogens is 2. The summed E-state index contributed by atoms with van der Waals surface area (Å²) in [6.45, 7) is 1.77. The van der Waals surface area contributed by atoms with Crippen LogP contribution in [0.2, 0.25) is 5.02 Å². The number of hydrogen-bond acceptors (Lipinski definition) is 4. The molecule has 0 atom stereocenters. The van der Waals surface area contributed by atoms with Gasteiger partial charge in [0.1, 0.15) is 5.82 Å². The van der Waals surface area contributed by atoms with Crippen LogP contribution >= 0.6 is 11.6 Å². The molecule has 1 amide bonds. The standard InChI is InChI=1S/C12H11ClN4O/c1-7-5-10(17-12(14)15-7)16-11(18)8-3-2-4-9(13)6-8/h2-6H,1H3,(H3,14,15,16,17,18). The summed E-state index contributed by atoms with van der Waals surface area (Å²) in [5, 5.41) is 3.14. The number of benzene rings is 1. The van der Waals surface area contributed by atoms with Crippen LogP contribution in [0.3, 0.4) is 0 Å². The van der Waals surface area contributed by atoms with Crippen molar-refractivity contribution in [2.45, 2.75) is 6.92 Å². The topological polar surface area (TPSA) is 80.9 Å². The van der Waals surface area contributed by atoms with Gasteiger partial charge in [-0.05, 0) is 25.1 Å². The Labute approximate surface area is 109 Å². The molecule has 0 saturated heterocycles. The summed E-state index contributed by atoms with van der Waals surface area (Å²) in [7, 11) is 0. The average molecular weight is 263 g/mol. The van der Waals surface area contributed by atoms with E-state index < -0.39 is 0 Å². The second-order valence-corrected chi connectivity index (χ2v) is 4.15. The Balaban J connectivity index is 2.21. The summed E-state index contributed by atoms with van der Waals surface area (Å²) in [4.78, 5) is 19.8. The molecule has 18 heavy (non-hydrogen) atoms. The number of carbonyl (C=O) groups is 1. The van der Waals surface area contributed by atoms with Gasteiger partial charge in [0.25, 0.3) is 5.91 Å². The molecule has 0 unspecified atom stereocenters. The van der Waals surface area contributed by atoms with Crippen molar-refractivity contribution in [3.8, 4) is 0 Å². The van der Waals surface area contributed by atoms with E-state index in [-0.39, 0.29) is 11.9 Å². The van der Waals surface area contributed by atoms with Crippen molar-refractivity contribution < 1.29 is 4.79 Å². The van der Waals surface area contributed by atoms with Gasteiger partial charge in [0, 0.05) is 22.3 Å². The maximum atomic E-state index is 11.9. The third kappa shape index (κ3) is 2.95. The van der Waals surface area contributed by atoms with Gasteiger partial charge in [-0.3, -0.25) is 4.79 Å². The molecule has 3 N–H and O–H groups in total. The zero-order valence-corrected chi connectivity index (χ0v) is 10.4. The summed E-state index contributed by atoms with van der Waals surface area (Å²) in [6.07, 6.45) is 0. The number of hydrogen-bond donors (Lipinski definition) is 2. The lowest BCUT2D eigenvalue weighted by Crippen LogP contribution is -2.14. The monoisotopic (exact) mass is 262 g/mol. The number of nitrogen functional groups attached to an aromatic ring is 1. The van der Waals surface area contributed by atoms with Crippen LogP contribution in [0.4, 0.5) is 11.8 Å². The minimum absolute atomic E-state index is 0.122. The van der Waals surface area contributed by atoms with Gasteiger partial charge in [-0.15, -0.1) is 0 Å². The van der Waals surface area contributed by atoms with Crippen molar-refractivity contribution in [1.82, 2.24) is 9.97 Å². The van der Waals surface area contributed by atoms with Gasteiger partial charge < -0.3 is 11.1 Å². The fourth-order valence-electron chi connectivity index (χ4n) is 1.47. The molecule has 92 valence electrons. The number of carbonyl (C=O) groups excluding carboxylic acids is 1. The molecule has 0 bridgehead atoms. The number of anilines is 2. The van der Waals surface area contributed by atoms with E-state index in [1.165, 1.54) is 0 Å². The first-order chi connectivity index (χ1) is 8.54. The van der Waals surface area contributed by atoms with E-state index >= 15 is 0 Å². The van der Waals surface area contributed by atoms with Gasteiger partial charge in [-0.1, -0.05) is 17.7 Å². The van der Waals surface area contributed by atoms with Crippen molar-refractivity contribution in [1.29, 1.82) is 0 Å². The van der Waals surface area contributed by atoms with E-state index in [2.05, 4.69) is 15.3 Å². The molecule has 0 aliphatic rings. The van der Waals surface area contributed by atoms with E-state index in [1.54, 1.807) is 37.3 Å². The van der Waals surface area contributed by atoms with E-state index in [9.17, 15) is 4.79 Å². The highest BCUT2D eigenvalue weighted by atomic mass is 35.5. The van der Waals surface area contributed by atoms with Gasteiger partial charge in [-0.2, -0.15) is 4.98 Å². The lowest BCUT2D eigenvalue weighted by molar-refractivity contribution is 0.102. The van der Waals surface area contributed by atoms with Crippen LogP contribution in [0.1, 0.15) is 16.1 Å². The van der Waals surface area contributed by atoms with Gasteiger partial charge in [0.2, 0.25) is 5.95 Å². The molecule has 1 aromatic carbocycles. The number of nitrogens with zero attached hydrogens (tertiary/aromatic N) is 2. The van der Waals surface area contributed by atoms with Crippen LogP contribution in [0.5, 0.6) is 0 Å². The summed E-state index contributed by atoms with van der Waals surface area (Å²) in [5.41, 5.74) is 6.64. The third-order valence-electron chi connectivity index (χ3n) is 2.20. The zero-order valence-electron chi connectivity index (χ0n) is 9.64. The predicted molar refractivity (Wildman–Crippen MR) is 70.6 cm³/mol. The molecule has 2 aromatic rings. The zero-order chi connectivity index (χ0) is 13.1. The van der Waals surface area contributed by atoms with Crippen molar-refractivity contribution in [2.24, 2.45) is 0 Å². The van der Waals surface area contributed by atoms with Crippen LogP contribution in [-0.2, 0) is 0 Å². The number of nitrogens with two attached hydrogens (primary N) is 1. The Kier molecular flexibility index (Phi) is 3.43. The summed E-state index contributed by atoms with van der Waals surface area (Å²) >= 11 is 5.82. The second-order valence-electron chi connectivity index (χ2n) is 3.72. The van der Waals surface area contributed by atoms with Crippen LogP contribution in [-0.4, -0.2) is 15.9 Å². The number of rotatable bonds is 2. The third-order valence-corrected chi connectivity index (χ3v) is 2.44. The van der Waals surface area contributed by atoms with Gasteiger partial charge in [0.15, 0.2) is 0 Å². The van der Waals surface area contributed by atoms with Crippen LogP contribution in [0.15, 0.2) is 30.3 Å². The average Bonchev–Trinajstić information content (AvgIpc) is 2.27. The predicted octanol–water partition coefficient (Wildman–Crippen LogP) is 2.27. The molecule has 5 nitrogen and oxygen atoms in total. The number of nitrogens with one attached hydrogen (secondary N) is 1. The number of aryl methyl sites for hydroxylation is 1. The molecular weight excluding hydrogens is 252 g/mol. The summed E-state index contributed by atoms with van der Waals surface area (Å²) in [5.74, 6) is 0.191. The molecule has 0 spiro atoms. The smallest absolute Gasteiger partial charge is 0.256 e. The quantitative estimate of drug-likeness (QED) is 0.870. The molecule has 0 saturated carbocycles. The molecule has 1 heterocycles. The van der Waals surface area contributed by atoms with Gasteiger partial charge in [0.05, 0.1) is 0 Å². The summed E-state index contributed by atoms with van der Waals surface area (Å²) < 4.78 is 0. The van der Waals surface area contributed by atoms with Crippen molar-refractivity contribution in [3.05, 3.63) is 46.6 Å². The Morgan fingerprint density at radius 1 is 1.33 bits per heavy atom. The molecular formula is C12H11ClN4O. The highest BCUT2D eigenvalue weighted by Crippen LogP contribution is 2.13. The van der Waals surface area contributed by atoms with Crippen LogP contribution in [0.25, 0.3) is 0 Å². The lowest BCUT2D eigenvalue weighted by Gasteiger charge is -2.06. The normalized spacial score (nSPS) is 10.1. The van der Waals surface area contributed by atoms with Crippen molar-refractivity contribution in [2.75, 3.05) is 11.1 Å². The Hall–Kier alpha value is -2.14. The lowest BCUT2D eigenvalue weighted by atomic mass is 10.2. The summed E-state index contributed by atoms with van der Waals surface area (Å²) in [6, 6.07) is 8.29. The second kappa shape index (κ2) is 5.01. The van der Waals surface area contributed by atoms with Gasteiger partial charge in [-0.25, -0.2) is 4.98 Å². The maximum absolute atomic E-state index is 11.9. The van der Waals surface area contributed by atoms with Crippen LogP contribution < -0.4 is 11.1 Å². The largest absolute Gasteiger partial charge is 0.368 e. The highest BCUT2D eigenvalue weighted by molar-refractivity contribution is 6.31. The molecule has 1 aromatic heterocycles. The first kappa shape index (κ1) is 12.3. The first-order valence-electron chi connectivity index (χ1n) is 5.22.